The van der Waals surface area contributed by atoms with Gasteiger partial charge in [0.1, 0.15) is 10.7 Å². The zero-order valence-corrected chi connectivity index (χ0v) is 12.4. The number of sulfonamides is 1. The first-order chi connectivity index (χ1) is 8.95. The molecule has 2 N–H and O–H groups in total. The van der Waals surface area contributed by atoms with Crippen molar-refractivity contribution < 1.29 is 13.2 Å². The third-order valence-corrected chi connectivity index (χ3v) is 5.05. The molecule has 0 aromatic carbocycles. The molecule has 7 heteroatoms. The molecule has 0 amide bonds. The number of anilines is 1. The van der Waals surface area contributed by atoms with Gasteiger partial charge >= 0.3 is 0 Å². The summed E-state index contributed by atoms with van der Waals surface area (Å²) in [7, 11) is -2.11. The fraction of sp³-hybridized carbons (Fsp3) is 0.583. The summed E-state index contributed by atoms with van der Waals surface area (Å²) in [5.41, 5.74) is 5.67. The molecule has 1 aromatic rings. The number of hydrogen-bond acceptors (Lipinski definition) is 5. The number of rotatable bonds is 7. The first-order valence-corrected chi connectivity index (χ1v) is 7.60. The molecule has 0 aliphatic rings. The van der Waals surface area contributed by atoms with E-state index in [1.54, 1.807) is 13.2 Å². The predicted octanol–water partition coefficient (Wildman–Crippen LogP) is 1.10. The molecule has 0 bridgehead atoms. The molecule has 0 fully saturated rings. The summed E-state index contributed by atoms with van der Waals surface area (Å²) in [6.45, 7) is 4.43. The topological polar surface area (TPSA) is 85.5 Å². The van der Waals surface area contributed by atoms with Crippen molar-refractivity contribution in [2.45, 2.75) is 31.2 Å². The summed E-state index contributed by atoms with van der Waals surface area (Å²) in [4.78, 5) is 3.88. The van der Waals surface area contributed by atoms with Crippen LogP contribution in [0, 0.1) is 0 Å². The van der Waals surface area contributed by atoms with Gasteiger partial charge in [-0.15, -0.1) is 0 Å². The highest BCUT2D eigenvalue weighted by Crippen LogP contribution is 2.22. The zero-order chi connectivity index (χ0) is 14.5. The molecule has 0 saturated heterocycles. The van der Waals surface area contributed by atoms with E-state index in [1.165, 1.54) is 16.6 Å². The minimum Gasteiger partial charge on any atom is -0.383 e. The predicted molar refractivity (Wildman–Crippen MR) is 74.2 cm³/mol. The van der Waals surface area contributed by atoms with Crippen LogP contribution in [-0.2, 0) is 14.8 Å². The van der Waals surface area contributed by atoms with E-state index in [0.29, 0.717) is 19.6 Å². The van der Waals surface area contributed by atoms with Crippen molar-refractivity contribution in [3.05, 3.63) is 18.3 Å². The number of ether oxygens (including phenoxy) is 1. The average molecular weight is 287 g/mol. The molecule has 0 spiro atoms. The SMILES string of the molecule is CCC(C)N(CCOC)S(=O)(=O)c1cccnc1N. The van der Waals surface area contributed by atoms with Gasteiger partial charge in [0.25, 0.3) is 0 Å². The maximum absolute atomic E-state index is 12.6. The molecular weight excluding hydrogens is 266 g/mol. The van der Waals surface area contributed by atoms with Crippen molar-refractivity contribution in [2.24, 2.45) is 0 Å². The lowest BCUT2D eigenvalue weighted by atomic mass is 10.3. The second-order valence-electron chi connectivity index (χ2n) is 4.25. The van der Waals surface area contributed by atoms with Crippen molar-refractivity contribution >= 4 is 15.8 Å². The maximum atomic E-state index is 12.6. The molecular formula is C12H21N3O3S. The average Bonchev–Trinajstić information content (AvgIpc) is 2.38. The van der Waals surface area contributed by atoms with E-state index in [0.717, 1.165) is 0 Å². The second-order valence-corrected chi connectivity index (χ2v) is 6.11. The van der Waals surface area contributed by atoms with E-state index in [4.69, 9.17) is 10.5 Å². The number of hydrogen-bond donors (Lipinski definition) is 1. The Morgan fingerprint density at radius 3 is 2.74 bits per heavy atom. The lowest BCUT2D eigenvalue weighted by molar-refractivity contribution is 0.167. The van der Waals surface area contributed by atoms with Crippen LogP contribution >= 0.6 is 0 Å². The number of pyridine rings is 1. The van der Waals surface area contributed by atoms with Gasteiger partial charge in [0.2, 0.25) is 10.0 Å². The standard InChI is InChI=1S/C12H21N3O3S/c1-4-10(2)15(8-9-18-3)19(16,17)11-6-5-7-14-12(11)13/h5-7,10H,4,8-9H2,1-3H3,(H2,13,14). The molecule has 0 aliphatic carbocycles. The van der Waals surface area contributed by atoms with Gasteiger partial charge in [-0.25, -0.2) is 13.4 Å². The van der Waals surface area contributed by atoms with Gasteiger partial charge in [-0.05, 0) is 25.5 Å². The van der Waals surface area contributed by atoms with Crippen molar-refractivity contribution in [2.75, 3.05) is 26.0 Å². The van der Waals surface area contributed by atoms with E-state index < -0.39 is 10.0 Å². The molecule has 1 rings (SSSR count). The lowest BCUT2D eigenvalue weighted by Crippen LogP contribution is -2.40. The highest BCUT2D eigenvalue weighted by atomic mass is 32.2. The molecule has 1 aromatic heterocycles. The molecule has 1 heterocycles. The first-order valence-electron chi connectivity index (χ1n) is 6.16. The Bertz CT molecular complexity index is 505. The van der Waals surface area contributed by atoms with Gasteiger partial charge in [0.15, 0.2) is 0 Å². The van der Waals surface area contributed by atoms with Crippen LogP contribution < -0.4 is 5.73 Å². The number of nitrogens with zero attached hydrogens (tertiary/aromatic N) is 2. The van der Waals surface area contributed by atoms with Crippen molar-refractivity contribution in [3.8, 4) is 0 Å². The monoisotopic (exact) mass is 287 g/mol. The van der Waals surface area contributed by atoms with Gasteiger partial charge in [0.05, 0.1) is 6.61 Å². The van der Waals surface area contributed by atoms with Crippen LogP contribution in [0.3, 0.4) is 0 Å². The smallest absolute Gasteiger partial charge is 0.247 e. The highest BCUT2D eigenvalue weighted by molar-refractivity contribution is 7.89. The lowest BCUT2D eigenvalue weighted by Gasteiger charge is -2.27. The molecule has 6 nitrogen and oxygen atoms in total. The number of nitrogen functional groups attached to an aromatic ring is 1. The van der Waals surface area contributed by atoms with Crippen molar-refractivity contribution in [3.63, 3.8) is 0 Å². The van der Waals surface area contributed by atoms with Crippen LogP contribution in [0.2, 0.25) is 0 Å². The highest BCUT2D eigenvalue weighted by Gasteiger charge is 2.29. The van der Waals surface area contributed by atoms with E-state index in [1.807, 2.05) is 13.8 Å². The molecule has 0 radical (unpaired) electrons. The molecule has 19 heavy (non-hydrogen) atoms. The Balaban J connectivity index is 3.16. The minimum absolute atomic E-state index is 0.0215. The molecule has 1 unspecified atom stereocenters. The van der Waals surface area contributed by atoms with Gasteiger partial charge in [-0.2, -0.15) is 4.31 Å². The van der Waals surface area contributed by atoms with E-state index in [2.05, 4.69) is 4.98 Å². The Hall–Kier alpha value is -1.18. The zero-order valence-electron chi connectivity index (χ0n) is 11.5. The maximum Gasteiger partial charge on any atom is 0.247 e. The number of nitrogens with two attached hydrogens (primary N) is 1. The Morgan fingerprint density at radius 1 is 1.53 bits per heavy atom. The fourth-order valence-corrected chi connectivity index (χ4v) is 3.47. The Morgan fingerprint density at radius 2 is 2.21 bits per heavy atom. The van der Waals surface area contributed by atoms with E-state index >= 15 is 0 Å². The molecule has 0 saturated carbocycles. The van der Waals surface area contributed by atoms with E-state index in [9.17, 15) is 8.42 Å². The van der Waals surface area contributed by atoms with Crippen LogP contribution in [0.4, 0.5) is 5.82 Å². The number of aromatic nitrogens is 1. The Kier molecular flexibility index (Phi) is 5.71. The van der Waals surface area contributed by atoms with Crippen molar-refractivity contribution in [1.82, 2.24) is 9.29 Å². The van der Waals surface area contributed by atoms with Gasteiger partial charge in [0, 0.05) is 25.9 Å². The van der Waals surface area contributed by atoms with Gasteiger partial charge in [-0.1, -0.05) is 6.92 Å². The summed E-state index contributed by atoms with van der Waals surface area (Å²) in [5, 5.41) is 0. The van der Waals surface area contributed by atoms with Crippen LogP contribution in [0.1, 0.15) is 20.3 Å². The summed E-state index contributed by atoms with van der Waals surface area (Å²) in [5.74, 6) is 0.0215. The van der Waals surface area contributed by atoms with E-state index in [-0.39, 0.29) is 16.8 Å². The third-order valence-electron chi connectivity index (χ3n) is 2.98. The third kappa shape index (κ3) is 3.65. The first kappa shape index (κ1) is 15.9. The van der Waals surface area contributed by atoms with Crippen molar-refractivity contribution in [1.29, 1.82) is 0 Å². The van der Waals surface area contributed by atoms with Gasteiger partial charge < -0.3 is 10.5 Å². The fourth-order valence-electron chi connectivity index (χ4n) is 1.71. The van der Waals surface area contributed by atoms with Gasteiger partial charge in [-0.3, -0.25) is 0 Å². The molecule has 1 atom stereocenters. The van der Waals surface area contributed by atoms with Crippen LogP contribution in [0.15, 0.2) is 23.2 Å². The van der Waals surface area contributed by atoms with Crippen LogP contribution in [-0.4, -0.2) is 44.0 Å². The molecule has 108 valence electrons. The quantitative estimate of drug-likeness (QED) is 0.811. The second kappa shape index (κ2) is 6.83. The van der Waals surface area contributed by atoms with Crippen LogP contribution in [0.5, 0.6) is 0 Å². The summed E-state index contributed by atoms with van der Waals surface area (Å²) in [6, 6.07) is 2.91. The summed E-state index contributed by atoms with van der Waals surface area (Å²) < 4.78 is 31.6. The Labute approximate surface area is 114 Å². The summed E-state index contributed by atoms with van der Waals surface area (Å²) >= 11 is 0. The normalized spacial score (nSPS) is 13.7. The largest absolute Gasteiger partial charge is 0.383 e. The van der Waals surface area contributed by atoms with Crippen LogP contribution in [0.25, 0.3) is 0 Å². The number of methoxy groups -OCH3 is 1. The molecule has 0 aliphatic heterocycles. The summed E-state index contributed by atoms with van der Waals surface area (Å²) in [6.07, 6.45) is 2.18. The minimum atomic E-state index is -3.65.